The lowest BCUT2D eigenvalue weighted by Gasteiger charge is -2.31. The zero-order valence-electron chi connectivity index (χ0n) is 39.1. The SMILES string of the molecule is C=C(N[C@H](C(=O)N1CCC[C@H]1c1ncc(-c2ccc3c(c2)cc2n3C(c3cnc(C4CC4)s3)Oc3cc(-c4cnc([C@@H]5CCCN5C(=O)[C@@H](NC(=O)OC)C(C)C)[nH]4)cc(F)c3-2)[nH]1)C(C)C)OC. The van der Waals surface area contributed by atoms with Gasteiger partial charge in [0, 0.05) is 41.7 Å². The number of carbonyl (C=O) groups is 3. The van der Waals surface area contributed by atoms with Crippen molar-refractivity contribution in [1.29, 1.82) is 0 Å². The summed E-state index contributed by atoms with van der Waals surface area (Å²) in [5.74, 6) is 1.64. The van der Waals surface area contributed by atoms with Crippen molar-refractivity contribution < 1.29 is 33.0 Å². The number of halogens is 1. The number of hydrogen-bond acceptors (Lipinski definition) is 11. The van der Waals surface area contributed by atoms with Crippen LogP contribution in [0, 0.1) is 17.7 Å². The number of amides is 3. The van der Waals surface area contributed by atoms with Crippen molar-refractivity contribution in [3.8, 4) is 39.5 Å². The maximum absolute atomic E-state index is 16.9. The number of hydrogen-bond donors (Lipinski definition) is 4. The van der Waals surface area contributed by atoms with Crippen LogP contribution in [0.1, 0.15) is 112 Å². The summed E-state index contributed by atoms with van der Waals surface area (Å²) in [6.07, 6.45) is 9.40. The molecular formula is C50H57FN10O6S. The third kappa shape index (κ3) is 8.25. The molecule has 1 aliphatic carbocycles. The molecule has 0 bridgehead atoms. The van der Waals surface area contributed by atoms with Crippen LogP contribution in [0.2, 0.25) is 0 Å². The smallest absolute Gasteiger partial charge is 0.407 e. The lowest BCUT2D eigenvalue weighted by Crippen LogP contribution is -2.51. The summed E-state index contributed by atoms with van der Waals surface area (Å²) in [7, 11) is 2.80. The summed E-state index contributed by atoms with van der Waals surface area (Å²) in [5.41, 5.74) is 4.72. The van der Waals surface area contributed by atoms with Gasteiger partial charge in [0.1, 0.15) is 35.3 Å². The lowest BCUT2D eigenvalue weighted by atomic mass is 10.0. The second-order valence-electron chi connectivity index (χ2n) is 18.9. The van der Waals surface area contributed by atoms with Crippen molar-refractivity contribution in [3.05, 3.63) is 94.8 Å². The molecule has 2 aromatic carbocycles. The van der Waals surface area contributed by atoms with E-state index in [4.69, 9.17) is 29.2 Å². The molecule has 1 saturated carbocycles. The Bertz CT molecular complexity index is 2910. The first-order valence-electron chi connectivity index (χ1n) is 23.5. The molecule has 68 heavy (non-hydrogen) atoms. The van der Waals surface area contributed by atoms with Gasteiger partial charge in [-0.1, -0.05) is 33.8 Å². The number of likely N-dealkylation sites (tertiary alicyclic amines) is 2. The highest BCUT2D eigenvalue weighted by molar-refractivity contribution is 7.11. The number of benzene rings is 2. The number of H-pyrrole nitrogens is 2. The predicted molar refractivity (Wildman–Crippen MR) is 255 cm³/mol. The van der Waals surface area contributed by atoms with Crippen LogP contribution in [0.25, 0.3) is 44.7 Å². The standard InChI is InChI=1S/C50H57FN10O6S/c1-25(2)42(55-27(5)65-6)47(62)59-16-8-10-36(59)44-52-22-33(56-44)29-14-15-35-31(18-29)20-38-41-32(51)19-30(21-39(41)67-49(61(35)38)40-24-54-46(68-40)28-12-13-28)34-23-53-45(57-34)37-11-9-17-60(37)48(63)43(26(3)4)58-50(64)66-7/h14-15,18-26,28,36-37,42-43,49,55H,5,8-13,16-17H2,1-4,6-7H3,(H,52,56)(H,53,57)(H,58,64)/t36-,37-,42-,43-,49?/m0/s1. The minimum Gasteiger partial charge on any atom is -0.483 e. The maximum atomic E-state index is 16.9. The van der Waals surface area contributed by atoms with Crippen LogP contribution in [0.5, 0.6) is 5.75 Å². The van der Waals surface area contributed by atoms with Crippen LogP contribution in [0.3, 0.4) is 0 Å². The van der Waals surface area contributed by atoms with E-state index in [9.17, 15) is 14.4 Å². The number of imidazole rings is 2. The highest BCUT2D eigenvalue weighted by atomic mass is 32.1. The molecule has 10 rings (SSSR count). The highest BCUT2D eigenvalue weighted by Crippen LogP contribution is 2.50. The summed E-state index contributed by atoms with van der Waals surface area (Å²) in [5, 5.41) is 7.81. The number of methoxy groups -OCH3 is 2. The van der Waals surface area contributed by atoms with Crippen LogP contribution in [-0.2, 0) is 19.1 Å². The molecule has 0 radical (unpaired) electrons. The van der Waals surface area contributed by atoms with Crippen LogP contribution in [0.15, 0.2) is 67.5 Å². The minimum atomic E-state index is -0.766. The molecule has 4 aliphatic rings. The monoisotopic (exact) mass is 944 g/mol. The van der Waals surface area contributed by atoms with E-state index in [0.717, 1.165) is 70.0 Å². The number of ether oxygens (including phenoxy) is 3. The molecule has 356 valence electrons. The van der Waals surface area contributed by atoms with Crippen molar-refractivity contribution in [2.75, 3.05) is 27.3 Å². The maximum Gasteiger partial charge on any atom is 0.407 e. The van der Waals surface area contributed by atoms with E-state index in [1.165, 1.54) is 20.3 Å². The molecule has 7 heterocycles. The fraction of sp³-hybridized carbons (Fsp3) is 0.440. The molecule has 18 heteroatoms. The molecule has 3 amide bonds. The van der Waals surface area contributed by atoms with Crippen LogP contribution < -0.4 is 15.4 Å². The number of nitrogens with one attached hydrogen (secondary N) is 4. The molecule has 6 aromatic rings. The van der Waals surface area contributed by atoms with Crippen LogP contribution >= 0.6 is 11.3 Å². The van der Waals surface area contributed by atoms with Gasteiger partial charge in [-0.05, 0) is 87.3 Å². The van der Waals surface area contributed by atoms with Gasteiger partial charge in [0.2, 0.25) is 18.0 Å². The molecule has 5 atom stereocenters. The Balaban J connectivity index is 0.963. The molecule has 0 spiro atoms. The largest absolute Gasteiger partial charge is 0.483 e. The number of carbonyl (C=O) groups excluding carboxylic acids is 3. The van der Waals surface area contributed by atoms with Crippen LogP contribution in [0.4, 0.5) is 9.18 Å². The summed E-state index contributed by atoms with van der Waals surface area (Å²) >= 11 is 1.63. The Morgan fingerprint density at radius 2 is 1.44 bits per heavy atom. The number of alkyl carbamates (subject to hydrolysis) is 1. The molecule has 3 fully saturated rings. The van der Waals surface area contributed by atoms with Gasteiger partial charge in [-0.25, -0.2) is 24.1 Å². The Morgan fingerprint density at radius 1 is 0.809 bits per heavy atom. The van der Waals surface area contributed by atoms with Gasteiger partial charge in [0.05, 0.1) is 76.7 Å². The van der Waals surface area contributed by atoms with Gasteiger partial charge >= 0.3 is 6.09 Å². The Morgan fingerprint density at radius 3 is 2.04 bits per heavy atom. The van der Waals surface area contributed by atoms with Gasteiger partial charge in [0.25, 0.3) is 0 Å². The van der Waals surface area contributed by atoms with Crippen molar-refractivity contribution >= 4 is 40.1 Å². The fourth-order valence-electron chi connectivity index (χ4n) is 9.96. The molecule has 4 N–H and O–H groups in total. The van der Waals surface area contributed by atoms with Crippen molar-refractivity contribution in [3.63, 3.8) is 0 Å². The average Bonchev–Trinajstić information content (AvgIpc) is 4.05. The van der Waals surface area contributed by atoms with E-state index in [0.29, 0.717) is 65.4 Å². The molecule has 4 aromatic heterocycles. The number of aromatic amines is 2. The summed E-state index contributed by atoms with van der Waals surface area (Å²) in [4.78, 5) is 65.7. The molecule has 1 unspecified atom stereocenters. The highest BCUT2D eigenvalue weighted by Gasteiger charge is 2.40. The first kappa shape index (κ1) is 45.1. The summed E-state index contributed by atoms with van der Waals surface area (Å²) < 4.78 is 35.9. The molecule has 2 saturated heterocycles. The van der Waals surface area contributed by atoms with Crippen molar-refractivity contribution in [2.24, 2.45) is 11.8 Å². The third-order valence-electron chi connectivity index (χ3n) is 13.7. The summed E-state index contributed by atoms with van der Waals surface area (Å²) in [6, 6.07) is 9.68. The van der Waals surface area contributed by atoms with Crippen LogP contribution in [-0.4, -0.2) is 96.6 Å². The van der Waals surface area contributed by atoms with E-state index in [-0.39, 0.29) is 35.7 Å². The fourth-order valence-corrected chi connectivity index (χ4v) is 11.1. The quantitative estimate of drug-likeness (QED) is 0.0769. The van der Waals surface area contributed by atoms with Gasteiger partial charge in [-0.3, -0.25) is 14.2 Å². The van der Waals surface area contributed by atoms with E-state index < -0.39 is 30.2 Å². The Labute approximate surface area is 397 Å². The third-order valence-corrected chi connectivity index (χ3v) is 14.9. The van der Waals surface area contributed by atoms with E-state index in [2.05, 4.69) is 37.8 Å². The average molecular weight is 945 g/mol. The normalized spacial score (nSPS) is 19.8. The second-order valence-corrected chi connectivity index (χ2v) is 20.0. The van der Waals surface area contributed by atoms with Gasteiger partial charge in [-0.15, -0.1) is 11.3 Å². The Hall–Kier alpha value is -6.69. The molecule has 3 aliphatic heterocycles. The predicted octanol–water partition coefficient (Wildman–Crippen LogP) is 8.94. The number of rotatable bonds is 14. The van der Waals surface area contributed by atoms with Crippen molar-refractivity contribution in [1.82, 2.24) is 49.9 Å². The first-order valence-corrected chi connectivity index (χ1v) is 24.3. The molecule has 16 nitrogen and oxygen atoms in total. The number of thiazole rings is 1. The van der Waals surface area contributed by atoms with Crippen molar-refractivity contribution in [2.45, 2.75) is 103 Å². The Kier molecular flexibility index (Phi) is 12.0. The zero-order chi connectivity index (χ0) is 47.5. The number of fused-ring (bicyclic) bond motifs is 5. The molecular weight excluding hydrogens is 888 g/mol. The first-order chi connectivity index (χ1) is 32.8. The zero-order valence-corrected chi connectivity index (χ0v) is 39.9. The second kappa shape index (κ2) is 18.1. The number of aromatic nitrogens is 6. The van der Waals surface area contributed by atoms with E-state index in [1.807, 2.05) is 69.3 Å². The van der Waals surface area contributed by atoms with Gasteiger partial charge in [0.15, 0.2) is 5.88 Å². The summed E-state index contributed by atoms with van der Waals surface area (Å²) in [6.45, 7) is 12.8. The van der Waals surface area contributed by atoms with Gasteiger partial charge < -0.3 is 44.6 Å². The minimum absolute atomic E-state index is 0.00717. The van der Waals surface area contributed by atoms with E-state index >= 15 is 4.39 Å². The lowest BCUT2D eigenvalue weighted by molar-refractivity contribution is -0.136. The van der Waals surface area contributed by atoms with Gasteiger partial charge in [-0.2, -0.15) is 0 Å². The topological polar surface area (TPSA) is 185 Å². The van der Waals surface area contributed by atoms with E-state index in [1.54, 1.807) is 22.4 Å². The number of nitrogens with zero attached hydrogens (tertiary/aromatic N) is 6.